The first-order chi connectivity index (χ1) is 16.1. The topological polar surface area (TPSA) is 44.4 Å². The minimum Gasteiger partial charge on any atom is -0.339 e. The quantitative estimate of drug-likeness (QED) is 0.250. The Balaban J connectivity index is 1.64. The molecule has 0 aliphatic rings. The van der Waals surface area contributed by atoms with Crippen molar-refractivity contribution in [2.45, 2.75) is 13.1 Å². The molecule has 0 aliphatic carbocycles. The standard InChI is InChI=1S/C29H26N4/c1-21(33-26-19-11-9-17-24(26)25-18-10-12-20-27(25)33)32(2)29(23-15-7-4-8-16-23)31-28(30)22-13-5-3-6-14-22/h3-21,30H,1-2H3. The predicted molar refractivity (Wildman–Crippen MR) is 138 cm³/mol. The Kier molecular flexibility index (Phi) is 5.49. The zero-order valence-electron chi connectivity index (χ0n) is 18.8. The predicted octanol–water partition coefficient (Wildman–Crippen LogP) is 6.72. The molecule has 1 atom stereocenters. The number of aliphatic imine (C=N–C) groups is 1. The van der Waals surface area contributed by atoms with Gasteiger partial charge in [0.05, 0.1) is 11.0 Å². The van der Waals surface area contributed by atoms with Gasteiger partial charge in [-0.25, -0.2) is 4.99 Å². The van der Waals surface area contributed by atoms with Gasteiger partial charge in [-0.3, -0.25) is 5.41 Å². The van der Waals surface area contributed by atoms with Crippen molar-refractivity contribution in [2.75, 3.05) is 7.05 Å². The molecule has 0 bridgehead atoms. The third-order valence-electron chi connectivity index (χ3n) is 6.18. The molecule has 4 heteroatoms. The van der Waals surface area contributed by atoms with Crippen LogP contribution in [0.4, 0.5) is 0 Å². The second-order valence-corrected chi connectivity index (χ2v) is 8.16. The van der Waals surface area contributed by atoms with Gasteiger partial charge in [0.15, 0.2) is 5.84 Å². The Morgan fingerprint density at radius 3 is 1.70 bits per heavy atom. The number of para-hydroxylation sites is 2. The number of rotatable bonds is 4. The fraction of sp³-hybridized carbons (Fsp3) is 0.103. The maximum atomic E-state index is 8.66. The molecule has 1 N–H and O–H groups in total. The zero-order valence-corrected chi connectivity index (χ0v) is 18.8. The molecule has 0 saturated carbocycles. The van der Waals surface area contributed by atoms with Crippen LogP contribution >= 0.6 is 0 Å². The highest BCUT2D eigenvalue weighted by Gasteiger charge is 2.22. The number of nitrogens with zero attached hydrogens (tertiary/aromatic N) is 3. The lowest BCUT2D eigenvalue weighted by atomic mass is 10.1. The third kappa shape index (κ3) is 3.80. The first kappa shape index (κ1) is 20.7. The second-order valence-electron chi connectivity index (χ2n) is 8.16. The van der Waals surface area contributed by atoms with Crippen molar-refractivity contribution in [1.29, 1.82) is 5.41 Å². The van der Waals surface area contributed by atoms with Crippen LogP contribution < -0.4 is 0 Å². The van der Waals surface area contributed by atoms with Crippen LogP contribution in [0.1, 0.15) is 24.2 Å². The third-order valence-corrected chi connectivity index (χ3v) is 6.18. The summed E-state index contributed by atoms with van der Waals surface area (Å²) < 4.78 is 2.36. The van der Waals surface area contributed by atoms with Crippen molar-refractivity contribution in [1.82, 2.24) is 9.47 Å². The molecule has 0 spiro atoms. The summed E-state index contributed by atoms with van der Waals surface area (Å²) in [5.41, 5.74) is 4.14. The molecule has 4 nitrogen and oxygen atoms in total. The minimum atomic E-state index is -0.0303. The molecule has 4 aromatic carbocycles. The van der Waals surface area contributed by atoms with E-state index in [4.69, 9.17) is 10.4 Å². The van der Waals surface area contributed by atoms with E-state index in [0.29, 0.717) is 0 Å². The molecule has 0 saturated heterocycles. The Bertz CT molecular complexity index is 1400. The summed E-state index contributed by atoms with van der Waals surface area (Å²) in [7, 11) is 2.05. The number of hydrogen-bond acceptors (Lipinski definition) is 1. The average Bonchev–Trinajstić information content (AvgIpc) is 3.22. The summed E-state index contributed by atoms with van der Waals surface area (Å²) in [4.78, 5) is 6.98. The first-order valence-corrected chi connectivity index (χ1v) is 11.1. The van der Waals surface area contributed by atoms with Crippen molar-refractivity contribution in [3.05, 3.63) is 120 Å². The van der Waals surface area contributed by atoms with Gasteiger partial charge in [-0.1, -0.05) is 97.1 Å². The van der Waals surface area contributed by atoms with Gasteiger partial charge >= 0.3 is 0 Å². The smallest absolute Gasteiger partial charge is 0.154 e. The van der Waals surface area contributed by atoms with Crippen molar-refractivity contribution < 1.29 is 0 Å². The van der Waals surface area contributed by atoms with Crippen LogP contribution in [0, 0.1) is 5.41 Å². The van der Waals surface area contributed by atoms with Gasteiger partial charge in [0.1, 0.15) is 12.0 Å². The number of hydrogen-bond donors (Lipinski definition) is 1. The highest BCUT2D eigenvalue weighted by molar-refractivity contribution is 6.11. The maximum Gasteiger partial charge on any atom is 0.154 e. The number of nitrogens with one attached hydrogen (secondary N) is 1. The molecule has 1 unspecified atom stereocenters. The molecular weight excluding hydrogens is 404 g/mol. The molecule has 162 valence electrons. The fourth-order valence-corrected chi connectivity index (χ4v) is 4.41. The van der Waals surface area contributed by atoms with E-state index in [1.165, 1.54) is 21.8 Å². The van der Waals surface area contributed by atoms with E-state index in [1.54, 1.807) is 0 Å². The van der Waals surface area contributed by atoms with E-state index in [1.807, 2.05) is 60.7 Å². The minimum absolute atomic E-state index is 0.0303. The summed E-state index contributed by atoms with van der Waals surface area (Å²) in [6.07, 6.45) is -0.0303. The van der Waals surface area contributed by atoms with E-state index in [9.17, 15) is 0 Å². The molecule has 5 aromatic rings. The Morgan fingerprint density at radius 1 is 0.697 bits per heavy atom. The Hall–Kier alpha value is -4.18. The van der Waals surface area contributed by atoms with Crippen LogP contribution in [0.5, 0.6) is 0 Å². The SMILES string of the molecule is CC(N(C)C(=NC(=N)c1ccccc1)c1ccccc1)n1c2ccccc2c2ccccc21. The summed E-state index contributed by atoms with van der Waals surface area (Å²) in [6.45, 7) is 2.18. The van der Waals surface area contributed by atoms with Crippen LogP contribution in [-0.4, -0.2) is 28.2 Å². The monoisotopic (exact) mass is 430 g/mol. The van der Waals surface area contributed by atoms with Crippen LogP contribution in [0.15, 0.2) is 114 Å². The molecule has 0 fully saturated rings. The molecule has 0 amide bonds. The molecule has 33 heavy (non-hydrogen) atoms. The molecule has 1 aromatic heterocycles. The van der Waals surface area contributed by atoms with E-state index in [2.05, 4.69) is 72.0 Å². The molecule has 1 heterocycles. The lowest BCUT2D eigenvalue weighted by molar-refractivity contribution is 0.316. The number of benzene rings is 4. The van der Waals surface area contributed by atoms with Crippen LogP contribution in [-0.2, 0) is 0 Å². The van der Waals surface area contributed by atoms with Gasteiger partial charge in [0, 0.05) is 28.9 Å². The van der Waals surface area contributed by atoms with Crippen LogP contribution in [0.3, 0.4) is 0 Å². The van der Waals surface area contributed by atoms with Gasteiger partial charge in [0.2, 0.25) is 0 Å². The zero-order chi connectivity index (χ0) is 22.8. The average molecular weight is 431 g/mol. The summed E-state index contributed by atoms with van der Waals surface area (Å²) in [5, 5.41) is 11.1. The van der Waals surface area contributed by atoms with Crippen molar-refractivity contribution in [3.8, 4) is 0 Å². The summed E-state index contributed by atoms with van der Waals surface area (Å²) >= 11 is 0. The van der Waals surface area contributed by atoms with Crippen LogP contribution in [0.2, 0.25) is 0 Å². The maximum absolute atomic E-state index is 8.66. The molecular formula is C29H26N4. The fourth-order valence-electron chi connectivity index (χ4n) is 4.41. The number of aromatic nitrogens is 1. The molecule has 0 aliphatic heterocycles. The van der Waals surface area contributed by atoms with Gasteiger partial charge < -0.3 is 9.47 Å². The molecule has 0 radical (unpaired) electrons. The highest BCUT2D eigenvalue weighted by Crippen LogP contribution is 2.33. The van der Waals surface area contributed by atoms with Gasteiger partial charge in [-0.2, -0.15) is 0 Å². The van der Waals surface area contributed by atoms with Gasteiger partial charge in [0.25, 0.3) is 0 Å². The second kappa shape index (κ2) is 8.75. The molecule has 5 rings (SSSR count). The Morgan fingerprint density at radius 2 is 1.15 bits per heavy atom. The van der Waals surface area contributed by atoms with E-state index in [-0.39, 0.29) is 12.0 Å². The van der Waals surface area contributed by atoms with E-state index >= 15 is 0 Å². The van der Waals surface area contributed by atoms with Crippen molar-refractivity contribution in [2.24, 2.45) is 4.99 Å². The lowest BCUT2D eigenvalue weighted by Gasteiger charge is -2.31. The first-order valence-electron chi connectivity index (χ1n) is 11.1. The highest BCUT2D eigenvalue weighted by atomic mass is 15.3. The van der Waals surface area contributed by atoms with Gasteiger partial charge in [-0.15, -0.1) is 0 Å². The Labute approximate surface area is 193 Å². The summed E-state index contributed by atoms with van der Waals surface area (Å²) in [6, 6.07) is 36.8. The van der Waals surface area contributed by atoms with Crippen molar-refractivity contribution in [3.63, 3.8) is 0 Å². The van der Waals surface area contributed by atoms with E-state index in [0.717, 1.165) is 17.0 Å². The number of amidine groups is 2. The van der Waals surface area contributed by atoms with E-state index < -0.39 is 0 Å². The lowest BCUT2D eigenvalue weighted by Crippen LogP contribution is -2.34. The largest absolute Gasteiger partial charge is 0.339 e. The van der Waals surface area contributed by atoms with Crippen molar-refractivity contribution >= 4 is 33.5 Å². The van der Waals surface area contributed by atoms with Gasteiger partial charge in [-0.05, 0) is 19.1 Å². The summed E-state index contributed by atoms with van der Waals surface area (Å²) in [5.74, 6) is 1.01. The normalized spacial score (nSPS) is 12.7. The number of fused-ring (bicyclic) bond motifs is 3. The van der Waals surface area contributed by atoms with Crippen LogP contribution in [0.25, 0.3) is 21.8 Å².